The van der Waals surface area contributed by atoms with E-state index in [0.29, 0.717) is 22.9 Å². The van der Waals surface area contributed by atoms with Crippen LogP contribution in [0.2, 0.25) is 0 Å². The molecule has 5 heterocycles. The molecule has 2 atom stereocenters. The Bertz CT molecular complexity index is 1230. The first kappa shape index (κ1) is 17.9. The van der Waals surface area contributed by atoms with Crippen LogP contribution in [0.3, 0.4) is 0 Å². The number of likely N-dealkylation sites (tertiary alicyclic amines) is 2. The van der Waals surface area contributed by atoms with Crippen LogP contribution in [-0.2, 0) is 11.3 Å². The lowest BCUT2D eigenvalue weighted by molar-refractivity contribution is -0.131. The van der Waals surface area contributed by atoms with E-state index in [1.165, 1.54) is 11.3 Å². The number of fused-ring (bicyclic) bond motifs is 4. The highest BCUT2D eigenvalue weighted by Crippen LogP contribution is 2.34. The van der Waals surface area contributed by atoms with Crippen LogP contribution in [0.5, 0.6) is 10.9 Å². The van der Waals surface area contributed by atoms with Crippen LogP contribution < -0.4 is 4.74 Å². The first-order valence-electron chi connectivity index (χ1n) is 10.1. The number of thiazole rings is 1. The van der Waals surface area contributed by atoms with Crippen molar-refractivity contribution in [3.63, 3.8) is 0 Å². The maximum absolute atomic E-state index is 11.7. The van der Waals surface area contributed by atoms with E-state index in [1.54, 1.807) is 13.1 Å². The monoisotopic (exact) mass is 420 g/mol. The molecule has 0 saturated carbocycles. The fraction of sp³-hybridized carbons (Fsp3) is 0.318. The van der Waals surface area contributed by atoms with Gasteiger partial charge in [0.2, 0.25) is 5.91 Å². The van der Waals surface area contributed by atoms with Gasteiger partial charge in [-0.1, -0.05) is 11.3 Å². The number of carbonyl (C=O) groups is 1. The summed E-state index contributed by atoms with van der Waals surface area (Å²) in [5.41, 5.74) is 1.55. The van der Waals surface area contributed by atoms with E-state index in [-0.39, 0.29) is 5.91 Å². The molecular weight excluding hydrogens is 400 g/mol. The van der Waals surface area contributed by atoms with Gasteiger partial charge in [0.1, 0.15) is 17.1 Å². The van der Waals surface area contributed by atoms with Gasteiger partial charge in [-0.3, -0.25) is 9.69 Å². The van der Waals surface area contributed by atoms with Gasteiger partial charge in [-0.15, -0.1) is 0 Å². The Kier molecular flexibility index (Phi) is 4.04. The van der Waals surface area contributed by atoms with Crippen molar-refractivity contribution in [1.29, 1.82) is 0 Å². The molecule has 30 heavy (non-hydrogen) atoms. The van der Waals surface area contributed by atoms with Crippen molar-refractivity contribution in [3.8, 4) is 10.9 Å². The molecule has 8 heteroatoms. The minimum Gasteiger partial charge on any atom is -0.460 e. The number of amides is 1. The number of pyridine rings is 1. The molecule has 0 radical (unpaired) electrons. The minimum absolute atomic E-state index is 0.183. The Balaban J connectivity index is 1.19. The maximum Gasteiger partial charge on any atom is 0.281 e. The van der Waals surface area contributed by atoms with Crippen molar-refractivity contribution < 1.29 is 13.9 Å². The molecule has 0 aliphatic carbocycles. The number of hydrogen-bond acceptors (Lipinski definition) is 7. The number of ether oxygens (including phenoxy) is 1. The third kappa shape index (κ3) is 3.03. The summed E-state index contributed by atoms with van der Waals surface area (Å²) in [7, 11) is 0. The standard InChI is InChI=1S/C22H20N4O3S/c1-13(27)26-11-15-9-16(26)10-25(15)12-18-8-14-7-17(4-5-19(14)28-18)29-22-24-21-20(30-22)3-2-6-23-21/h2-8,15-16H,9-12H2,1H3/t15-,16+/m0/s1. The van der Waals surface area contributed by atoms with Crippen molar-refractivity contribution in [2.75, 3.05) is 13.1 Å². The summed E-state index contributed by atoms with van der Waals surface area (Å²) >= 11 is 1.48. The van der Waals surface area contributed by atoms with E-state index in [0.717, 1.165) is 53.2 Å². The lowest BCUT2D eigenvalue weighted by atomic mass is 10.2. The number of rotatable bonds is 4. The number of furan rings is 1. The summed E-state index contributed by atoms with van der Waals surface area (Å²) in [4.78, 5) is 24.8. The highest BCUT2D eigenvalue weighted by atomic mass is 32.1. The third-order valence-corrected chi connectivity index (χ3v) is 6.89. The van der Waals surface area contributed by atoms with Crippen LogP contribution >= 0.6 is 11.3 Å². The van der Waals surface area contributed by atoms with Gasteiger partial charge < -0.3 is 14.1 Å². The summed E-state index contributed by atoms with van der Waals surface area (Å²) in [6.45, 7) is 4.17. The molecular formula is C22H20N4O3S. The largest absolute Gasteiger partial charge is 0.460 e. The second-order valence-electron chi connectivity index (χ2n) is 7.96. The number of piperazine rings is 1. The average Bonchev–Trinajstić information content (AvgIpc) is 3.49. The first-order chi connectivity index (χ1) is 14.6. The van der Waals surface area contributed by atoms with E-state index < -0.39 is 0 Å². The zero-order valence-corrected chi connectivity index (χ0v) is 17.3. The van der Waals surface area contributed by atoms with Gasteiger partial charge in [0.25, 0.3) is 5.19 Å². The molecule has 0 spiro atoms. The van der Waals surface area contributed by atoms with E-state index >= 15 is 0 Å². The minimum atomic E-state index is 0.183. The third-order valence-electron chi connectivity index (χ3n) is 6.01. The second kappa shape index (κ2) is 6.78. The lowest BCUT2D eigenvalue weighted by Crippen LogP contribution is -2.47. The lowest BCUT2D eigenvalue weighted by Gasteiger charge is -2.33. The SMILES string of the molecule is CC(=O)N1C[C@@H]2C[C@@H]1CN2Cc1cc2cc(Oc3nc4ncccc4s3)ccc2o1. The number of hydrogen-bond donors (Lipinski definition) is 0. The Morgan fingerprint density at radius 3 is 3.00 bits per heavy atom. The van der Waals surface area contributed by atoms with Crippen LogP contribution in [0.4, 0.5) is 0 Å². The molecule has 6 rings (SSSR count). The van der Waals surface area contributed by atoms with E-state index in [1.807, 2.05) is 35.2 Å². The Morgan fingerprint density at radius 1 is 1.27 bits per heavy atom. The second-order valence-corrected chi connectivity index (χ2v) is 8.96. The molecule has 2 bridgehead atoms. The molecule has 0 N–H and O–H groups in total. The summed E-state index contributed by atoms with van der Waals surface area (Å²) in [6, 6.07) is 12.6. The number of benzene rings is 1. The molecule has 4 aromatic rings. The fourth-order valence-electron chi connectivity index (χ4n) is 4.64. The van der Waals surface area contributed by atoms with Crippen LogP contribution in [0.15, 0.2) is 47.0 Å². The van der Waals surface area contributed by atoms with Crippen LogP contribution in [0.25, 0.3) is 21.3 Å². The molecule has 1 amide bonds. The number of carbonyl (C=O) groups excluding carboxylic acids is 1. The molecule has 2 saturated heterocycles. The van der Waals surface area contributed by atoms with Gasteiger partial charge in [-0.2, -0.15) is 4.98 Å². The molecule has 2 aliphatic rings. The smallest absolute Gasteiger partial charge is 0.281 e. The fourth-order valence-corrected chi connectivity index (χ4v) is 5.43. The molecule has 1 aromatic carbocycles. The van der Waals surface area contributed by atoms with Gasteiger partial charge in [0.15, 0.2) is 5.65 Å². The van der Waals surface area contributed by atoms with Gasteiger partial charge in [-0.05, 0) is 42.8 Å². The van der Waals surface area contributed by atoms with Gasteiger partial charge in [0, 0.05) is 43.7 Å². The van der Waals surface area contributed by atoms with Crippen molar-refractivity contribution in [3.05, 3.63) is 48.4 Å². The Labute approximate surface area is 176 Å². The van der Waals surface area contributed by atoms with Gasteiger partial charge in [0.05, 0.1) is 11.2 Å². The average molecular weight is 420 g/mol. The molecule has 152 valence electrons. The first-order valence-corrected chi connectivity index (χ1v) is 10.9. The Hall–Kier alpha value is -2.97. The van der Waals surface area contributed by atoms with Crippen LogP contribution in [-0.4, -0.2) is 50.8 Å². The van der Waals surface area contributed by atoms with Gasteiger partial charge in [-0.25, -0.2) is 4.98 Å². The molecule has 2 fully saturated rings. The molecule has 0 unspecified atom stereocenters. The quantitative estimate of drug-likeness (QED) is 0.496. The van der Waals surface area contributed by atoms with Gasteiger partial charge >= 0.3 is 0 Å². The number of aromatic nitrogens is 2. The maximum atomic E-state index is 11.7. The summed E-state index contributed by atoms with van der Waals surface area (Å²) in [5.74, 6) is 1.85. The van der Waals surface area contributed by atoms with E-state index in [2.05, 4.69) is 20.9 Å². The van der Waals surface area contributed by atoms with Crippen molar-refractivity contribution >= 4 is 38.6 Å². The molecule has 2 aliphatic heterocycles. The van der Waals surface area contributed by atoms with E-state index in [9.17, 15) is 4.79 Å². The summed E-state index contributed by atoms with van der Waals surface area (Å²) in [6.07, 6.45) is 2.80. The zero-order valence-electron chi connectivity index (χ0n) is 16.4. The van der Waals surface area contributed by atoms with E-state index in [4.69, 9.17) is 9.15 Å². The number of nitrogens with zero attached hydrogens (tertiary/aromatic N) is 4. The van der Waals surface area contributed by atoms with Crippen molar-refractivity contribution in [1.82, 2.24) is 19.8 Å². The predicted molar refractivity (Wildman–Crippen MR) is 114 cm³/mol. The summed E-state index contributed by atoms with van der Waals surface area (Å²) in [5, 5.41) is 1.59. The normalized spacial score (nSPS) is 21.2. The Morgan fingerprint density at radius 2 is 2.20 bits per heavy atom. The van der Waals surface area contributed by atoms with Crippen molar-refractivity contribution in [2.24, 2.45) is 0 Å². The van der Waals surface area contributed by atoms with Crippen molar-refractivity contribution in [2.45, 2.75) is 32.0 Å². The highest BCUT2D eigenvalue weighted by molar-refractivity contribution is 7.20. The van der Waals surface area contributed by atoms with Crippen LogP contribution in [0.1, 0.15) is 19.1 Å². The highest BCUT2D eigenvalue weighted by Gasteiger charge is 2.44. The molecule has 3 aromatic heterocycles. The predicted octanol–water partition coefficient (Wildman–Crippen LogP) is 4.03. The zero-order chi connectivity index (χ0) is 20.2. The summed E-state index contributed by atoms with van der Waals surface area (Å²) < 4.78 is 13.0. The topological polar surface area (TPSA) is 71.7 Å². The van der Waals surface area contributed by atoms with Crippen LogP contribution in [0, 0.1) is 0 Å². The molecule has 7 nitrogen and oxygen atoms in total.